The Bertz CT molecular complexity index is 9710. The van der Waals surface area contributed by atoms with Crippen molar-refractivity contribution in [2.75, 3.05) is 0 Å². The molecule has 2 spiro atoms. The number of para-hydroxylation sites is 2. The van der Waals surface area contributed by atoms with E-state index in [2.05, 4.69) is 519 Å². The minimum absolute atomic E-state index is 0.500. The molecule has 4 nitrogen and oxygen atoms in total. The summed E-state index contributed by atoms with van der Waals surface area (Å²) in [5.41, 5.74) is 50.2. The van der Waals surface area contributed by atoms with Crippen LogP contribution in [0.25, 0.3) is 208 Å². The van der Waals surface area contributed by atoms with Gasteiger partial charge in [0.2, 0.25) is 0 Å². The van der Waals surface area contributed by atoms with Gasteiger partial charge in [-0.25, -0.2) is 9.97 Å². The van der Waals surface area contributed by atoms with Crippen molar-refractivity contribution in [3.8, 4) is 121 Å². The van der Waals surface area contributed by atoms with Gasteiger partial charge < -0.3 is 9.13 Å². The fourth-order valence-corrected chi connectivity index (χ4v) is 30.1. The van der Waals surface area contributed by atoms with Crippen molar-refractivity contribution in [1.82, 2.24) is 19.1 Å². The highest BCUT2D eigenvalue weighted by Gasteiger charge is 2.56. The first-order valence-corrected chi connectivity index (χ1v) is 52.1. The Kier molecular flexibility index (Phi) is 16.6. The van der Waals surface area contributed by atoms with E-state index in [1.54, 1.807) is 0 Å². The van der Waals surface area contributed by atoms with Gasteiger partial charge in [-0.3, -0.25) is 0 Å². The van der Waals surface area contributed by atoms with Crippen molar-refractivity contribution in [3.63, 3.8) is 0 Å². The largest absolute Gasteiger partial charge is 0.309 e. The predicted molar refractivity (Wildman–Crippen MR) is 608 cm³/mol. The van der Waals surface area contributed by atoms with Gasteiger partial charge in [0.15, 0.2) is 0 Å². The molecule has 0 atom stereocenters. The third-order valence-electron chi connectivity index (χ3n) is 34.3. The first kappa shape index (κ1) is 81.1. The van der Waals surface area contributed by atoms with Crippen LogP contribution in [0.5, 0.6) is 0 Å². The SMILES string of the molecule is c1ccc(C2(c3ccccc3)c3ccccc3-c3c(-c4sc(-c5cccc6c5-c5ccccc5C6(c5ccccc5)c5ccccc5)c5nc6c7ccc(-c8ccc9c(c8)c8ccccc8n9-c8cccc9c8-c8ccccc8C98c9ccccc9-c9ccccc98)cc7c7cc(-c8ccc9c(c8)c8ccccc8n9-c8cccc9c8-c8ccccc8C98c9ccccc9-c9ccccc98)ccc7c6nc45)cccc32)cc1. The van der Waals surface area contributed by atoms with Crippen molar-refractivity contribution in [2.24, 2.45) is 0 Å². The van der Waals surface area contributed by atoms with Gasteiger partial charge in [-0.15, -0.1) is 11.3 Å². The van der Waals surface area contributed by atoms with Crippen LogP contribution < -0.4 is 0 Å². The van der Waals surface area contributed by atoms with Crippen LogP contribution in [0.15, 0.2) is 510 Å². The van der Waals surface area contributed by atoms with E-state index in [-0.39, 0.29) is 0 Å². The molecule has 4 heterocycles. The molecule has 0 fully saturated rings. The van der Waals surface area contributed by atoms with Crippen molar-refractivity contribution in [2.45, 2.75) is 21.7 Å². The number of fused-ring (bicyclic) bond motifs is 39. The zero-order valence-corrected chi connectivity index (χ0v) is 80.5. The van der Waals surface area contributed by atoms with Crippen LogP contribution in [0, 0.1) is 0 Å². The third kappa shape index (κ3) is 10.4. The monoisotopic (exact) mass is 1880 g/mol. The number of hydrogen-bond acceptors (Lipinski definition) is 3. The summed E-state index contributed by atoms with van der Waals surface area (Å²) < 4.78 is 5.12. The molecule has 0 unspecified atom stereocenters. The van der Waals surface area contributed by atoms with Gasteiger partial charge in [0.25, 0.3) is 0 Å². The summed E-state index contributed by atoms with van der Waals surface area (Å²) in [6.45, 7) is 0. The molecule has 0 amide bonds. The van der Waals surface area contributed by atoms with Gasteiger partial charge >= 0.3 is 0 Å². The number of benzene rings is 23. The van der Waals surface area contributed by atoms with E-state index in [1.165, 1.54) is 189 Å². The zero-order chi connectivity index (χ0) is 95.8. The van der Waals surface area contributed by atoms with Crippen molar-refractivity contribution >= 4 is 98.6 Å². The molecule has 0 N–H and O–H groups in total. The molecule has 33 rings (SSSR count). The molecule has 0 bridgehead atoms. The fourth-order valence-electron chi connectivity index (χ4n) is 28.8. The highest BCUT2D eigenvalue weighted by atomic mass is 32.1. The summed E-state index contributed by atoms with van der Waals surface area (Å²) in [6.07, 6.45) is 0. The average molecular weight is 1880 g/mol. The Balaban J connectivity index is 0.631. The molecule has 6 aliphatic rings. The summed E-state index contributed by atoms with van der Waals surface area (Å²) in [5, 5.41) is 8.99. The summed E-state index contributed by atoms with van der Waals surface area (Å²) >= 11 is 1.84. The van der Waals surface area contributed by atoms with Gasteiger partial charge in [0.1, 0.15) is 11.0 Å². The van der Waals surface area contributed by atoms with Gasteiger partial charge in [0, 0.05) is 54.6 Å². The summed E-state index contributed by atoms with van der Waals surface area (Å²) in [4.78, 5) is 15.0. The van der Waals surface area contributed by atoms with Crippen molar-refractivity contribution in [1.29, 1.82) is 0 Å². The molecule has 0 radical (unpaired) electrons. The molecular formula is C142H84N4S. The quantitative estimate of drug-likeness (QED) is 0.128. The zero-order valence-electron chi connectivity index (χ0n) is 79.7. The van der Waals surface area contributed by atoms with Gasteiger partial charge in [-0.05, 0) is 238 Å². The van der Waals surface area contributed by atoms with Crippen LogP contribution in [0.2, 0.25) is 0 Å². The molecule has 678 valence electrons. The van der Waals surface area contributed by atoms with Crippen molar-refractivity contribution in [3.05, 3.63) is 599 Å². The van der Waals surface area contributed by atoms with E-state index in [0.717, 1.165) is 109 Å². The number of thiophene rings is 1. The fraction of sp³-hybridized carbons (Fsp3) is 0.0282. The van der Waals surface area contributed by atoms with Crippen LogP contribution >= 0.6 is 11.3 Å². The van der Waals surface area contributed by atoms with Crippen LogP contribution in [-0.4, -0.2) is 19.1 Å². The molecule has 0 aliphatic heterocycles. The number of rotatable bonds is 10. The second-order valence-corrected chi connectivity index (χ2v) is 41.8. The normalized spacial score (nSPS) is 14.2. The number of aromatic nitrogens is 4. The predicted octanol–water partition coefficient (Wildman–Crippen LogP) is 35.4. The molecular weight excluding hydrogens is 1790 g/mol. The van der Waals surface area contributed by atoms with E-state index >= 15 is 0 Å². The lowest BCUT2D eigenvalue weighted by molar-refractivity contribution is 0.768. The maximum atomic E-state index is 6.46. The lowest BCUT2D eigenvalue weighted by Gasteiger charge is -2.34. The smallest absolute Gasteiger partial charge is 0.109 e. The molecule has 6 aliphatic carbocycles. The Labute approximate surface area is 852 Å². The average Bonchev–Trinajstić information content (AvgIpc) is 1.51. The van der Waals surface area contributed by atoms with Crippen LogP contribution in [0.4, 0.5) is 0 Å². The first-order chi connectivity index (χ1) is 73.0. The number of nitrogens with zero attached hydrogens (tertiary/aromatic N) is 4. The van der Waals surface area contributed by atoms with Crippen LogP contribution in [-0.2, 0) is 21.7 Å². The van der Waals surface area contributed by atoms with E-state index in [1.807, 2.05) is 11.3 Å². The number of hydrogen-bond donors (Lipinski definition) is 0. The van der Waals surface area contributed by atoms with Gasteiger partial charge in [-0.1, -0.05) is 449 Å². The van der Waals surface area contributed by atoms with Crippen LogP contribution in [0.1, 0.15) is 89.0 Å². The maximum absolute atomic E-state index is 6.46. The van der Waals surface area contributed by atoms with E-state index in [9.17, 15) is 0 Å². The lowest BCUT2D eigenvalue weighted by atomic mass is 9.67. The Morgan fingerprint density at radius 1 is 0.156 bits per heavy atom. The molecule has 0 saturated heterocycles. The van der Waals surface area contributed by atoms with Gasteiger partial charge in [-0.2, -0.15) is 0 Å². The standard InChI is InChI=1S/C142H84N4S/c1-5-37-89(38-6-1)139(90-39-7-2-8-40-90)115-61-27-17-51-101(115)129-105(55-33-65-119(129)139)137-135-136(138(147-137)106-56-34-66-120-130(106)102-52-18-28-62-116(102)140(120,91-41-9-3-10-42-91)92-43-11-4-12-44-92)144-134-100-78-74-86(88-76-80-126-110(84-88)98-50-22-32-70-124(98)146(126)128-72-36-68-122-132(128)104-54-20-30-64-118(104)142(122)113-59-25-15-47-95(113)96-48-16-26-60-114(96)142)82-108(100)107-81-85(73-77-99(107)133(134)143-135)87-75-79-125-109(83-87)97-49-21-31-69-123(97)145(125)127-71-35-67-121-131(127)103-53-19-29-63-117(103)141(121)111-57-23-13-45-93(111)94-46-14-24-58-112(94)141/h1-84H. The van der Waals surface area contributed by atoms with E-state index < -0.39 is 21.7 Å². The summed E-state index contributed by atoms with van der Waals surface area (Å²) in [5.74, 6) is 0. The van der Waals surface area contributed by atoms with Crippen molar-refractivity contribution < 1.29 is 0 Å². The Morgan fingerprint density at radius 2 is 0.401 bits per heavy atom. The Hall–Kier alpha value is -18.5. The van der Waals surface area contributed by atoms with Crippen LogP contribution in [0.3, 0.4) is 0 Å². The lowest BCUT2D eigenvalue weighted by Crippen LogP contribution is -2.28. The third-order valence-corrected chi connectivity index (χ3v) is 35.6. The Morgan fingerprint density at radius 3 is 0.748 bits per heavy atom. The minimum Gasteiger partial charge on any atom is -0.309 e. The molecule has 27 aromatic rings. The molecule has 4 aromatic heterocycles. The summed E-state index contributed by atoms with van der Waals surface area (Å²) in [6, 6.07) is 194. The highest BCUT2D eigenvalue weighted by Crippen LogP contribution is 2.69. The molecule has 147 heavy (non-hydrogen) atoms. The van der Waals surface area contributed by atoms with Gasteiger partial charge in [0.05, 0.1) is 75.9 Å². The minimum atomic E-state index is -0.661. The molecule has 5 heteroatoms. The van der Waals surface area contributed by atoms with E-state index in [0.29, 0.717) is 0 Å². The maximum Gasteiger partial charge on any atom is 0.109 e. The second kappa shape index (κ2) is 30.1. The highest BCUT2D eigenvalue weighted by molar-refractivity contribution is 7.21. The summed E-state index contributed by atoms with van der Waals surface area (Å²) in [7, 11) is 0. The molecule has 0 saturated carbocycles. The molecule has 23 aromatic carbocycles. The second-order valence-electron chi connectivity index (χ2n) is 40.8. The topological polar surface area (TPSA) is 35.6 Å². The van der Waals surface area contributed by atoms with E-state index in [4.69, 9.17) is 9.97 Å². The first-order valence-electron chi connectivity index (χ1n) is 51.2.